The highest BCUT2D eigenvalue weighted by atomic mass is 79.9. The summed E-state index contributed by atoms with van der Waals surface area (Å²) < 4.78 is 6.79. The third-order valence-corrected chi connectivity index (χ3v) is 3.38. The van der Waals surface area contributed by atoms with Crippen molar-refractivity contribution < 1.29 is 9.53 Å². The molecular formula is C15H10BrNO2. The fourth-order valence-corrected chi connectivity index (χ4v) is 2.42. The maximum Gasteiger partial charge on any atom is 0.277 e. The Bertz CT molecular complexity index is 680. The SMILES string of the molecule is O=C1N=Cc2c(OCc3cccc(Br)c3)cccc21. The van der Waals surface area contributed by atoms with Gasteiger partial charge in [0.2, 0.25) is 0 Å². The molecule has 1 heterocycles. The lowest BCUT2D eigenvalue weighted by Gasteiger charge is -2.09. The van der Waals surface area contributed by atoms with Gasteiger partial charge in [0.05, 0.1) is 5.56 Å². The lowest BCUT2D eigenvalue weighted by Crippen LogP contribution is -2.00. The number of carbonyl (C=O) groups is 1. The van der Waals surface area contributed by atoms with E-state index >= 15 is 0 Å². The number of carbonyl (C=O) groups excluding carboxylic acids is 1. The fourth-order valence-electron chi connectivity index (χ4n) is 1.97. The summed E-state index contributed by atoms with van der Waals surface area (Å²) in [5.41, 5.74) is 2.43. The first-order valence-electron chi connectivity index (χ1n) is 5.83. The smallest absolute Gasteiger partial charge is 0.277 e. The summed E-state index contributed by atoms with van der Waals surface area (Å²) in [5.74, 6) is 0.481. The second-order valence-electron chi connectivity index (χ2n) is 4.20. The second kappa shape index (κ2) is 4.97. The first kappa shape index (κ1) is 12.1. The van der Waals surface area contributed by atoms with Crippen LogP contribution in [-0.4, -0.2) is 12.1 Å². The van der Waals surface area contributed by atoms with Crippen LogP contribution in [0.1, 0.15) is 21.5 Å². The van der Waals surface area contributed by atoms with Crippen molar-refractivity contribution in [1.82, 2.24) is 0 Å². The molecule has 0 saturated carbocycles. The molecule has 3 nitrogen and oxygen atoms in total. The van der Waals surface area contributed by atoms with Crippen molar-refractivity contribution in [1.29, 1.82) is 0 Å². The van der Waals surface area contributed by atoms with Crippen LogP contribution >= 0.6 is 15.9 Å². The third-order valence-electron chi connectivity index (χ3n) is 2.89. The Hall–Kier alpha value is -1.94. The van der Waals surface area contributed by atoms with Crippen LogP contribution in [0.2, 0.25) is 0 Å². The summed E-state index contributed by atoms with van der Waals surface area (Å²) >= 11 is 3.42. The first-order chi connectivity index (χ1) is 9.24. The number of aliphatic imine (C=N–C) groups is 1. The minimum atomic E-state index is -0.206. The van der Waals surface area contributed by atoms with Crippen LogP contribution in [0.25, 0.3) is 0 Å². The molecular weight excluding hydrogens is 306 g/mol. The van der Waals surface area contributed by atoms with E-state index in [4.69, 9.17) is 4.74 Å². The Balaban J connectivity index is 1.82. The van der Waals surface area contributed by atoms with Crippen LogP contribution in [0.4, 0.5) is 0 Å². The number of hydrogen-bond donors (Lipinski definition) is 0. The van der Waals surface area contributed by atoms with Crippen molar-refractivity contribution in [2.75, 3.05) is 0 Å². The molecule has 1 aliphatic rings. The molecule has 0 saturated heterocycles. The van der Waals surface area contributed by atoms with E-state index in [0.717, 1.165) is 15.6 Å². The van der Waals surface area contributed by atoms with Gasteiger partial charge in [-0.3, -0.25) is 4.79 Å². The van der Waals surface area contributed by atoms with Crippen LogP contribution in [0.5, 0.6) is 5.75 Å². The van der Waals surface area contributed by atoms with E-state index in [-0.39, 0.29) is 5.91 Å². The molecule has 2 aromatic carbocycles. The Morgan fingerprint density at radius 1 is 1.16 bits per heavy atom. The number of ether oxygens (including phenoxy) is 1. The molecule has 0 aliphatic carbocycles. The highest BCUT2D eigenvalue weighted by molar-refractivity contribution is 9.10. The predicted molar refractivity (Wildman–Crippen MR) is 76.8 cm³/mol. The van der Waals surface area contributed by atoms with Crippen LogP contribution < -0.4 is 4.74 Å². The van der Waals surface area contributed by atoms with E-state index in [1.807, 2.05) is 36.4 Å². The van der Waals surface area contributed by atoms with Crippen molar-refractivity contribution in [3.05, 3.63) is 63.6 Å². The van der Waals surface area contributed by atoms with Crippen molar-refractivity contribution in [2.24, 2.45) is 4.99 Å². The van der Waals surface area contributed by atoms with Crippen LogP contribution in [-0.2, 0) is 6.61 Å². The van der Waals surface area contributed by atoms with Gasteiger partial charge in [-0.25, -0.2) is 4.99 Å². The molecule has 2 aromatic rings. The Kier molecular flexibility index (Phi) is 3.17. The summed E-state index contributed by atoms with van der Waals surface area (Å²) in [7, 11) is 0. The van der Waals surface area contributed by atoms with Gasteiger partial charge in [0.1, 0.15) is 12.4 Å². The summed E-state index contributed by atoms with van der Waals surface area (Å²) in [6.45, 7) is 0.456. The Labute approximate surface area is 119 Å². The molecule has 0 atom stereocenters. The molecule has 0 spiro atoms. The molecule has 0 aromatic heterocycles. The van der Waals surface area contributed by atoms with Crippen molar-refractivity contribution in [2.45, 2.75) is 6.61 Å². The average Bonchev–Trinajstić information content (AvgIpc) is 2.79. The maximum absolute atomic E-state index is 11.5. The largest absolute Gasteiger partial charge is 0.488 e. The molecule has 4 heteroatoms. The molecule has 94 valence electrons. The second-order valence-corrected chi connectivity index (χ2v) is 5.12. The zero-order valence-electron chi connectivity index (χ0n) is 9.97. The highest BCUT2D eigenvalue weighted by Gasteiger charge is 2.18. The van der Waals surface area contributed by atoms with Crippen LogP contribution in [0.15, 0.2) is 51.9 Å². The fraction of sp³-hybridized carbons (Fsp3) is 0.0667. The van der Waals surface area contributed by atoms with Crippen molar-refractivity contribution >= 4 is 28.1 Å². The van der Waals surface area contributed by atoms with Crippen molar-refractivity contribution in [3.63, 3.8) is 0 Å². The number of nitrogens with zero attached hydrogens (tertiary/aromatic N) is 1. The highest BCUT2D eigenvalue weighted by Crippen LogP contribution is 2.26. The minimum absolute atomic E-state index is 0.206. The molecule has 1 amide bonds. The number of halogens is 1. The number of hydrogen-bond acceptors (Lipinski definition) is 2. The van der Waals surface area contributed by atoms with Gasteiger partial charge >= 0.3 is 0 Å². The zero-order chi connectivity index (χ0) is 13.2. The van der Waals surface area contributed by atoms with Crippen LogP contribution in [0, 0.1) is 0 Å². The van der Waals surface area contributed by atoms with E-state index < -0.39 is 0 Å². The van der Waals surface area contributed by atoms with Gasteiger partial charge in [-0.05, 0) is 29.8 Å². The topological polar surface area (TPSA) is 38.7 Å². The van der Waals surface area contributed by atoms with E-state index in [1.54, 1.807) is 12.3 Å². The molecule has 0 radical (unpaired) electrons. The van der Waals surface area contributed by atoms with Gasteiger partial charge < -0.3 is 4.74 Å². The van der Waals surface area contributed by atoms with Gasteiger partial charge in [0.25, 0.3) is 5.91 Å². The maximum atomic E-state index is 11.5. The summed E-state index contributed by atoms with van der Waals surface area (Å²) in [6.07, 6.45) is 1.56. The number of rotatable bonds is 3. The molecule has 0 bridgehead atoms. The van der Waals surface area contributed by atoms with E-state index in [9.17, 15) is 4.79 Å². The van der Waals surface area contributed by atoms with Gasteiger partial charge in [0, 0.05) is 16.3 Å². The number of amides is 1. The van der Waals surface area contributed by atoms with E-state index in [1.165, 1.54) is 0 Å². The minimum Gasteiger partial charge on any atom is -0.488 e. The van der Waals surface area contributed by atoms with Crippen LogP contribution in [0.3, 0.4) is 0 Å². The monoisotopic (exact) mass is 315 g/mol. The normalized spacial score (nSPS) is 12.6. The molecule has 0 N–H and O–H groups in total. The molecule has 0 fully saturated rings. The first-order valence-corrected chi connectivity index (χ1v) is 6.62. The zero-order valence-corrected chi connectivity index (χ0v) is 11.6. The molecule has 3 rings (SSSR count). The van der Waals surface area contributed by atoms with Gasteiger partial charge in [-0.2, -0.15) is 0 Å². The summed E-state index contributed by atoms with van der Waals surface area (Å²) in [5, 5.41) is 0. The van der Waals surface area contributed by atoms with Gasteiger partial charge in [-0.15, -0.1) is 0 Å². The van der Waals surface area contributed by atoms with Crippen molar-refractivity contribution in [3.8, 4) is 5.75 Å². The van der Waals surface area contributed by atoms with Gasteiger partial charge in [0.15, 0.2) is 0 Å². The summed E-state index contributed by atoms with van der Waals surface area (Å²) in [4.78, 5) is 15.3. The lowest BCUT2D eigenvalue weighted by molar-refractivity contribution is 0.101. The predicted octanol–water partition coefficient (Wildman–Crippen LogP) is 3.60. The number of benzene rings is 2. The summed E-state index contributed by atoms with van der Waals surface area (Å²) in [6, 6.07) is 13.3. The standard InChI is InChI=1S/C15H10BrNO2/c16-11-4-1-3-10(7-11)9-19-14-6-2-5-12-13(14)8-17-15(12)18/h1-8H,9H2. The molecule has 0 unspecified atom stereocenters. The third kappa shape index (κ3) is 2.44. The molecule has 1 aliphatic heterocycles. The Morgan fingerprint density at radius 2 is 2.00 bits per heavy atom. The van der Waals surface area contributed by atoms with Gasteiger partial charge in [-0.1, -0.05) is 34.1 Å². The lowest BCUT2D eigenvalue weighted by atomic mass is 10.1. The Morgan fingerprint density at radius 3 is 2.84 bits per heavy atom. The van der Waals surface area contributed by atoms with E-state index in [2.05, 4.69) is 20.9 Å². The molecule has 19 heavy (non-hydrogen) atoms. The van der Waals surface area contributed by atoms with E-state index in [0.29, 0.717) is 17.9 Å². The quantitative estimate of drug-likeness (QED) is 0.868. The average molecular weight is 316 g/mol. The number of fused-ring (bicyclic) bond motifs is 1.